The molecule has 3 aliphatic rings. The van der Waals surface area contributed by atoms with Gasteiger partial charge in [-0.25, -0.2) is 9.78 Å². The van der Waals surface area contributed by atoms with Crippen molar-refractivity contribution in [3.8, 4) is 17.4 Å². The smallest absolute Gasteiger partial charge is 0.408 e. The number of carboxylic acids is 1. The van der Waals surface area contributed by atoms with E-state index in [0.29, 0.717) is 42.2 Å². The van der Waals surface area contributed by atoms with Crippen LogP contribution in [0.25, 0.3) is 21.7 Å². The van der Waals surface area contributed by atoms with Gasteiger partial charge in [-0.15, -0.1) is 11.3 Å². The molecule has 0 spiro atoms. The van der Waals surface area contributed by atoms with Crippen LogP contribution in [0.4, 0.5) is 4.79 Å². The number of hydrogen-bond acceptors (Lipinski definition) is 10. The SMILES string of the molecule is NC(=O)[C@@H]1CC(Oc2nc(-c3ccccn3)nc3ccsc23)CN1C(=O)C(CCCCC/C=C\[C@@H]1C[C@@H]1C(=O)O)NC(=O)OC1CCCC1. The fraction of sp³-hybridized carbons (Fsp3) is 0.514. The number of nitrogens with two attached hydrogens (primary N) is 1. The Labute approximate surface area is 288 Å². The van der Waals surface area contributed by atoms with Crippen LogP contribution < -0.4 is 15.8 Å². The Kier molecular flexibility index (Phi) is 11.0. The number of pyridine rings is 1. The monoisotopic (exact) mass is 690 g/mol. The van der Waals surface area contributed by atoms with E-state index in [1.165, 1.54) is 16.2 Å². The molecule has 14 heteroatoms. The summed E-state index contributed by atoms with van der Waals surface area (Å²) in [5.41, 5.74) is 7.10. The van der Waals surface area contributed by atoms with Gasteiger partial charge in [0.05, 0.1) is 18.0 Å². The van der Waals surface area contributed by atoms with Gasteiger partial charge in [0.15, 0.2) is 5.82 Å². The molecule has 49 heavy (non-hydrogen) atoms. The fourth-order valence-corrected chi connectivity index (χ4v) is 7.40. The first-order valence-electron chi connectivity index (χ1n) is 17.1. The number of unbranched alkanes of at least 4 members (excludes halogenated alkanes) is 3. The first-order valence-corrected chi connectivity index (χ1v) is 17.9. The van der Waals surface area contributed by atoms with Crippen LogP contribution in [-0.4, -0.2) is 79.7 Å². The summed E-state index contributed by atoms with van der Waals surface area (Å²) in [4.78, 5) is 65.8. The van der Waals surface area contributed by atoms with Gasteiger partial charge in [0.2, 0.25) is 17.7 Å². The lowest BCUT2D eigenvalue weighted by molar-refractivity contribution is -0.139. The average Bonchev–Trinajstić information content (AvgIpc) is 3.43. The Morgan fingerprint density at radius 3 is 2.65 bits per heavy atom. The highest BCUT2D eigenvalue weighted by atomic mass is 32.1. The van der Waals surface area contributed by atoms with Crippen LogP contribution in [0.5, 0.6) is 5.88 Å². The lowest BCUT2D eigenvalue weighted by Gasteiger charge is -2.28. The molecule has 3 aromatic heterocycles. The minimum atomic E-state index is -0.925. The van der Waals surface area contributed by atoms with Gasteiger partial charge in [0.1, 0.15) is 34.7 Å². The van der Waals surface area contributed by atoms with Crippen molar-refractivity contribution in [2.45, 2.75) is 94.9 Å². The van der Waals surface area contributed by atoms with Crippen molar-refractivity contribution < 1.29 is 33.8 Å². The lowest BCUT2D eigenvalue weighted by Crippen LogP contribution is -2.53. The number of likely N-dealkylation sites (tertiary alicyclic amines) is 1. The van der Waals surface area contributed by atoms with Crippen molar-refractivity contribution >= 4 is 45.4 Å². The highest BCUT2D eigenvalue weighted by Gasteiger charge is 2.43. The summed E-state index contributed by atoms with van der Waals surface area (Å²) in [5, 5.41) is 13.8. The number of carbonyl (C=O) groups is 4. The Hall–Kier alpha value is -4.59. The van der Waals surface area contributed by atoms with E-state index in [4.69, 9.17) is 20.3 Å². The van der Waals surface area contributed by atoms with Gasteiger partial charge in [0, 0.05) is 12.6 Å². The van der Waals surface area contributed by atoms with Gasteiger partial charge in [-0.05, 0) is 80.9 Å². The van der Waals surface area contributed by atoms with Crippen molar-refractivity contribution in [1.29, 1.82) is 0 Å². The zero-order valence-corrected chi connectivity index (χ0v) is 28.1. The Balaban J connectivity index is 1.11. The van der Waals surface area contributed by atoms with Crippen molar-refractivity contribution in [3.05, 3.63) is 48.0 Å². The van der Waals surface area contributed by atoms with Gasteiger partial charge < -0.3 is 30.5 Å². The van der Waals surface area contributed by atoms with E-state index in [9.17, 15) is 19.2 Å². The summed E-state index contributed by atoms with van der Waals surface area (Å²) in [6, 6.07) is 5.50. The third kappa shape index (κ3) is 8.72. The van der Waals surface area contributed by atoms with Crippen LogP contribution in [0.1, 0.15) is 70.6 Å². The second-order valence-corrected chi connectivity index (χ2v) is 13.9. The molecule has 6 rings (SSSR count). The molecule has 2 unspecified atom stereocenters. The number of amides is 3. The second-order valence-electron chi connectivity index (χ2n) is 13.0. The number of rotatable bonds is 15. The number of fused-ring (bicyclic) bond motifs is 1. The minimum absolute atomic E-state index is 0.0847. The number of primary amides is 1. The van der Waals surface area contributed by atoms with E-state index < -0.39 is 42.1 Å². The molecule has 0 aromatic carbocycles. The number of aliphatic carboxylic acids is 1. The molecule has 4 heterocycles. The Morgan fingerprint density at radius 1 is 1.08 bits per heavy atom. The molecule has 13 nitrogen and oxygen atoms in total. The standard InChI is InChI=1S/C35H42N6O7S/c36-30(42)28-19-23(47-32-29-25(15-17-49-29)38-31(40-32)26-13-8-9-16-37-26)20-41(28)33(43)27(39-35(46)48-22-11-6-7-12-22)14-5-3-1-2-4-10-21-18-24(21)34(44)45/h4,8-10,13,15-17,21-24,27-28H,1-3,5-7,11-12,14,18-20H2,(H2,36,42)(H,39,46)(H,44,45)/b10-4-/t21-,23?,24+,27?,28+/m1/s1. The first-order chi connectivity index (χ1) is 23.8. The number of hydrogen-bond donors (Lipinski definition) is 3. The van der Waals surface area contributed by atoms with Gasteiger partial charge in [-0.1, -0.05) is 31.1 Å². The summed E-state index contributed by atoms with van der Waals surface area (Å²) in [6.45, 7) is 0.0847. The number of nitrogens with zero attached hydrogens (tertiary/aromatic N) is 4. The maximum absolute atomic E-state index is 14.1. The van der Waals surface area contributed by atoms with Gasteiger partial charge >= 0.3 is 12.1 Å². The molecule has 0 radical (unpaired) electrons. The molecule has 3 amide bonds. The molecule has 1 aliphatic heterocycles. The molecule has 2 aliphatic carbocycles. The van der Waals surface area contributed by atoms with E-state index in [1.54, 1.807) is 12.3 Å². The zero-order valence-electron chi connectivity index (χ0n) is 27.2. The lowest BCUT2D eigenvalue weighted by atomic mass is 10.0. The summed E-state index contributed by atoms with van der Waals surface area (Å²) in [6.07, 6.45) is 12.2. The maximum atomic E-state index is 14.1. The van der Waals surface area contributed by atoms with E-state index in [1.807, 2.05) is 35.7 Å². The summed E-state index contributed by atoms with van der Waals surface area (Å²) in [5.74, 6) is -1.22. The summed E-state index contributed by atoms with van der Waals surface area (Å²) < 4.78 is 12.7. The molecule has 5 atom stereocenters. The number of nitrogens with one attached hydrogen (secondary N) is 1. The minimum Gasteiger partial charge on any atom is -0.481 e. The number of thiophene rings is 1. The molecule has 260 valence electrons. The third-order valence-electron chi connectivity index (χ3n) is 9.39. The van der Waals surface area contributed by atoms with Gasteiger partial charge in [-0.3, -0.25) is 19.4 Å². The van der Waals surface area contributed by atoms with Crippen LogP contribution in [0.3, 0.4) is 0 Å². The van der Waals surface area contributed by atoms with Crippen molar-refractivity contribution in [2.24, 2.45) is 17.6 Å². The molecule has 0 bridgehead atoms. The zero-order chi connectivity index (χ0) is 34.3. The highest BCUT2D eigenvalue weighted by Crippen LogP contribution is 2.40. The first kappa shape index (κ1) is 34.3. The van der Waals surface area contributed by atoms with E-state index in [-0.39, 0.29) is 30.9 Å². The van der Waals surface area contributed by atoms with E-state index >= 15 is 0 Å². The normalized spacial score (nSPS) is 22.7. The fourth-order valence-electron chi connectivity index (χ4n) is 6.64. The molecular weight excluding hydrogens is 648 g/mol. The number of carbonyl (C=O) groups excluding carboxylic acids is 3. The van der Waals surface area contributed by atoms with Gasteiger partial charge in [0.25, 0.3) is 0 Å². The molecule has 2 saturated carbocycles. The Morgan fingerprint density at radius 2 is 1.92 bits per heavy atom. The quantitative estimate of drug-likeness (QED) is 0.147. The van der Waals surface area contributed by atoms with Crippen LogP contribution in [0.15, 0.2) is 48.0 Å². The maximum Gasteiger partial charge on any atom is 0.408 e. The third-order valence-corrected chi connectivity index (χ3v) is 10.3. The largest absolute Gasteiger partial charge is 0.481 e. The summed E-state index contributed by atoms with van der Waals surface area (Å²) >= 11 is 1.43. The molecule has 3 aromatic rings. The Bertz CT molecular complexity index is 1680. The van der Waals surface area contributed by atoms with Crippen molar-refractivity contribution in [1.82, 2.24) is 25.2 Å². The number of carboxylic acid groups (broad SMARTS) is 1. The van der Waals surface area contributed by atoms with Crippen LogP contribution in [0, 0.1) is 11.8 Å². The average molecular weight is 691 g/mol. The summed E-state index contributed by atoms with van der Waals surface area (Å²) in [7, 11) is 0. The number of allylic oxidation sites excluding steroid dienone is 2. The van der Waals surface area contributed by atoms with Crippen LogP contribution >= 0.6 is 11.3 Å². The second kappa shape index (κ2) is 15.7. The number of aromatic nitrogens is 3. The van der Waals surface area contributed by atoms with E-state index in [0.717, 1.165) is 49.6 Å². The predicted molar refractivity (Wildman–Crippen MR) is 181 cm³/mol. The molecule has 3 fully saturated rings. The number of alkyl carbamates (subject to hydrolysis) is 1. The molecular formula is C35H42N6O7S. The van der Waals surface area contributed by atoms with Crippen molar-refractivity contribution in [2.75, 3.05) is 6.54 Å². The molecule has 4 N–H and O–H groups in total. The van der Waals surface area contributed by atoms with Gasteiger partial charge in [-0.2, -0.15) is 4.98 Å². The van der Waals surface area contributed by atoms with Crippen molar-refractivity contribution in [3.63, 3.8) is 0 Å². The van der Waals surface area contributed by atoms with Crippen LogP contribution in [0.2, 0.25) is 0 Å². The number of ether oxygens (including phenoxy) is 2. The highest BCUT2D eigenvalue weighted by molar-refractivity contribution is 7.17. The van der Waals surface area contributed by atoms with Crippen LogP contribution in [-0.2, 0) is 19.1 Å². The van der Waals surface area contributed by atoms with E-state index in [2.05, 4.69) is 20.3 Å². The topological polar surface area (TPSA) is 187 Å². The molecule has 1 saturated heterocycles. The predicted octanol–water partition coefficient (Wildman–Crippen LogP) is 4.85.